The zero-order valence-corrected chi connectivity index (χ0v) is 13.2. The second kappa shape index (κ2) is 5.78. The molecule has 0 unspecified atom stereocenters. The van der Waals surface area contributed by atoms with Gasteiger partial charge in [0.25, 0.3) is 11.2 Å². The van der Waals surface area contributed by atoms with E-state index in [1.54, 1.807) is 12.1 Å². The van der Waals surface area contributed by atoms with Gasteiger partial charge in [-0.1, -0.05) is 15.9 Å². The summed E-state index contributed by atoms with van der Waals surface area (Å²) in [6, 6.07) is 4.74. The Labute approximate surface area is 129 Å². The van der Waals surface area contributed by atoms with Crippen molar-refractivity contribution in [1.82, 2.24) is 9.55 Å². The molecule has 0 atom stereocenters. The zero-order valence-electron chi connectivity index (χ0n) is 9.42. The van der Waals surface area contributed by atoms with Crippen LogP contribution in [0.3, 0.4) is 0 Å². The molecule has 0 saturated carbocycles. The van der Waals surface area contributed by atoms with Crippen molar-refractivity contribution in [3.05, 3.63) is 64.8 Å². The quantitative estimate of drug-likeness (QED) is 0.421. The smallest absolute Gasteiger partial charge is 0.275 e. The summed E-state index contributed by atoms with van der Waals surface area (Å²) in [5.74, 6) is 0. The Balaban J connectivity index is 2.47. The summed E-state index contributed by atoms with van der Waals surface area (Å²) >= 11 is 5.07. The molecule has 0 fully saturated rings. The standard InChI is InChI=1S/C11H7BrIN3O3/c12-8-2-1-7(10(3-8)16(18)19)5-15-6-14-4-9(13)11(15)17/h1-4,6H,5H2. The summed E-state index contributed by atoms with van der Waals surface area (Å²) in [5.41, 5.74) is 0.215. The molecular weight excluding hydrogens is 429 g/mol. The Morgan fingerprint density at radius 1 is 1.47 bits per heavy atom. The van der Waals surface area contributed by atoms with Crippen LogP contribution in [0.5, 0.6) is 0 Å². The summed E-state index contributed by atoms with van der Waals surface area (Å²) in [5, 5.41) is 11.0. The van der Waals surface area contributed by atoms with Crippen LogP contribution in [0.25, 0.3) is 0 Å². The first-order valence-electron chi connectivity index (χ1n) is 5.12. The Bertz CT molecular complexity index is 702. The van der Waals surface area contributed by atoms with E-state index in [4.69, 9.17) is 0 Å². The third-order valence-electron chi connectivity index (χ3n) is 2.44. The van der Waals surface area contributed by atoms with E-state index in [0.29, 0.717) is 13.6 Å². The molecule has 1 aromatic heterocycles. The molecule has 8 heteroatoms. The highest BCUT2D eigenvalue weighted by atomic mass is 127. The summed E-state index contributed by atoms with van der Waals surface area (Å²) in [4.78, 5) is 26.3. The van der Waals surface area contributed by atoms with Gasteiger partial charge in [0.15, 0.2) is 0 Å². The van der Waals surface area contributed by atoms with Crippen molar-refractivity contribution in [2.24, 2.45) is 0 Å². The van der Waals surface area contributed by atoms with Gasteiger partial charge in [-0.2, -0.15) is 0 Å². The third-order valence-corrected chi connectivity index (χ3v) is 3.68. The first-order valence-corrected chi connectivity index (χ1v) is 6.99. The normalized spacial score (nSPS) is 10.4. The molecule has 1 heterocycles. The van der Waals surface area contributed by atoms with Crippen LogP contribution in [0, 0.1) is 13.7 Å². The van der Waals surface area contributed by atoms with Crippen molar-refractivity contribution in [3.63, 3.8) is 0 Å². The van der Waals surface area contributed by atoms with E-state index in [1.807, 2.05) is 22.6 Å². The lowest BCUT2D eigenvalue weighted by Gasteiger charge is -2.06. The van der Waals surface area contributed by atoms with Gasteiger partial charge in [0, 0.05) is 22.3 Å². The molecule has 98 valence electrons. The number of halogens is 2. The molecule has 0 aliphatic heterocycles. The van der Waals surface area contributed by atoms with Crippen molar-refractivity contribution in [2.45, 2.75) is 6.54 Å². The molecule has 0 radical (unpaired) electrons. The van der Waals surface area contributed by atoms with Crippen LogP contribution in [0.1, 0.15) is 5.56 Å². The van der Waals surface area contributed by atoms with Gasteiger partial charge in [0.05, 0.1) is 21.4 Å². The zero-order chi connectivity index (χ0) is 14.0. The van der Waals surface area contributed by atoms with Gasteiger partial charge < -0.3 is 0 Å². The average molecular weight is 436 g/mol. The van der Waals surface area contributed by atoms with E-state index in [9.17, 15) is 14.9 Å². The summed E-state index contributed by atoms with van der Waals surface area (Å²) in [7, 11) is 0. The van der Waals surface area contributed by atoms with Gasteiger partial charge in [0.1, 0.15) is 0 Å². The van der Waals surface area contributed by atoms with E-state index >= 15 is 0 Å². The maximum absolute atomic E-state index is 11.9. The molecule has 0 spiro atoms. The fourth-order valence-corrected chi connectivity index (χ4v) is 2.38. The molecule has 19 heavy (non-hydrogen) atoms. The van der Waals surface area contributed by atoms with Gasteiger partial charge >= 0.3 is 0 Å². The van der Waals surface area contributed by atoms with Crippen LogP contribution in [-0.4, -0.2) is 14.5 Å². The maximum Gasteiger partial charge on any atom is 0.275 e. The fourth-order valence-electron chi connectivity index (χ4n) is 1.56. The lowest BCUT2D eigenvalue weighted by Crippen LogP contribution is -2.23. The topological polar surface area (TPSA) is 78.0 Å². The summed E-state index contributed by atoms with van der Waals surface area (Å²) in [6.07, 6.45) is 2.83. The van der Waals surface area contributed by atoms with Gasteiger partial charge in [-0.25, -0.2) is 4.98 Å². The van der Waals surface area contributed by atoms with Crippen LogP contribution in [0.15, 0.2) is 40.0 Å². The van der Waals surface area contributed by atoms with Crippen molar-refractivity contribution in [1.29, 1.82) is 0 Å². The lowest BCUT2D eigenvalue weighted by atomic mass is 10.2. The average Bonchev–Trinajstić information content (AvgIpc) is 2.36. The van der Waals surface area contributed by atoms with Crippen LogP contribution in [-0.2, 0) is 6.54 Å². The highest BCUT2D eigenvalue weighted by molar-refractivity contribution is 14.1. The number of rotatable bonds is 3. The molecule has 2 rings (SSSR count). The fraction of sp³-hybridized carbons (Fsp3) is 0.0909. The van der Waals surface area contributed by atoms with Gasteiger partial charge in [0.2, 0.25) is 0 Å². The van der Waals surface area contributed by atoms with Gasteiger partial charge in [-0.05, 0) is 34.7 Å². The predicted molar refractivity (Wildman–Crippen MR) is 81.1 cm³/mol. The second-order valence-corrected chi connectivity index (χ2v) is 5.78. The number of nitro benzene ring substituents is 1. The Kier molecular flexibility index (Phi) is 4.30. The highest BCUT2D eigenvalue weighted by Gasteiger charge is 2.15. The molecule has 0 amide bonds. The predicted octanol–water partition coefficient (Wildman–Crippen LogP) is 2.57. The molecule has 0 N–H and O–H groups in total. The van der Waals surface area contributed by atoms with Crippen molar-refractivity contribution >= 4 is 44.2 Å². The number of nitro groups is 1. The first kappa shape index (κ1) is 14.1. The molecule has 1 aromatic carbocycles. The largest absolute Gasteiger partial charge is 0.294 e. The van der Waals surface area contributed by atoms with Crippen LogP contribution in [0.2, 0.25) is 0 Å². The van der Waals surface area contributed by atoms with E-state index in [1.165, 1.54) is 23.2 Å². The second-order valence-electron chi connectivity index (χ2n) is 3.70. The van der Waals surface area contributed by atoms with Crippen molar-refractivity contribution in [2.75, 3.05) is 0 Å². The molecule has 0 aliphatic carbocycles. The number of nitrogens with zero attached hydrogens (tertiary/aromatic N) is 3. The summed E-state index contributed by atoms with van der Waals surface area (Å²) < 4.78 is 2.44. The Hall–Kier alpha value is -1.29. The monoisotopic (exact) mass is 435 g/mol. The minimum absolute atomic E-state index is 0.0277. The third kappa shape index (κ3) is 3.18. The number of benzene rings is 1. The van der Waals surface area contributed by atoms with Crippen molar-refractivity contribution in [3.8, 4) is 0 Å². The van der Waals surface area contributed by atoms with Gasteiger partial charge in [-0.3, -0.25) is 19.5 Å². The molecule has 0 saturated heterocycles. The number of hydrogen-bond donors (Lipinski definition) is 0. The molecule has 2 aromatic rings. The van der Waals surface area contributed by atoms with E-state index in [2.05, 4.69) is 20.9 Å². The maximum atomic E-state index is 11.9. The van der Waals surface area contributed by atoms with Crippen LogP contribution >= 0.6 is 38.5 Å². The molecule has 0 bridgehead atoms. The first-order chi connectivity index (χ1) is 8.99. The SMILES string of the molecule is O=c1c(I)cncn1Cc1ccc(Br)cc1[N+](=O)[O-]. The highest BCUT2D eigenvalue weighted by Crippen LogP contribution is 2.23. The van der Waals surface area contributed by atoms with Crippen molar-refractivity contribution < 1.29 is 4.92 Å². The van der Waals surface area contributed by atoms with Crippen LogP contribution < -0.4 is 5.56 Å². The summed E-state index contributed by atoms with van der Waals surface area (Å²) in [6.45, 7) is 0.117. The Morgan fingerprint density at radius 3 is 2.89 bits per heavy atom. The minimum atomic E-state index is -0.466. The van der Waals surface area contributed by atoms with E-state index < -0.39 is 4.92 Å². The molecular formula is C11H7BrIN3O3. The molecule has 6 nitrogen and oxygen atoms in total. The minimum Gasteiger partial charge on any atom is -0.294 e. The van der Waals surface area contributed by atoms with Gasteiger partial charge in [-0.15, -0.1) is 0 Å². The Morgan fingerprint density at radius 2 is 2.21 bits per heavy atom. The number of aromatic nitrogens is 2. The van der Waals surface area contributed by atoms with E-state index in [-0.39, 0.29) is 17.8 Å². The lowest BCUT2D eigenvalue weighted by molar-refractivity contribution is -0.385. The van der Waals surface area contributed by atoms with E-state index in [0.717, 1.165) is 0 Å². The van der Waals surface area contributed by atoms with Crippen LogP contribution in [0.4, 0.5) is 5.69 Å². The number of hydrogen-bond acceptors (Lipinski definition) is 4. The molecule has 0 aliphatic rings.